The van der Waals surface area contributed by atoms with Crippen LogP contribution in [0, 0.1) is 0 Å². The van der Waals surface area contributed by atoms with Gasteiger partial charge in [-0.15, -0.1) is 0 Å². The lowest BCUT2D eigenvalue weighted by Gasteiger charge is -2.28. The van der Waals surface area contributed by atoms with Crippen LogP contribution in [0.3, 0.4) is 0 Å². The Morgan fingerprint density at radius 2 is 1.00 bits per heavy atom. The first-order valence-corrected chi connectivity index (χ1v) is 22.8. The molecule has 0 aromatic heterocycles. The van der Waals surface area contributed by atoms with Crippen LogP contribution in [-0.4, -0.2) is 70.0 Å². The van der Waals surface area contributed by atoms with Gasteiger partial charge in [0.15, 0.2) is 6.10 Å². The number of ether oxygens (including phenoxy) is 2. The summed E-state index contributed by atoms with van der Waals surface area (Å²) in [4.78, 5) is 37.5. The van der Waals surface area contributed by atoms with Gasteiger partial charge in [0.2, 0.25) is 0 Å². The number of carbonyl (C=O) groups is 2. The number of allylic oxidation sites excluding steroid dienone is 8. The van der Waals surface area contributed by atoms with Crippen molar-refractivity contribution in [2.45, 2.75) is 174 Å². The highest BCUT2D eigenvalue weighted by Gasteiger charge is 2.21. The average molecular weight is 782 g/mol. The zero-order valence-electron chi connectivity index (χ0n) is 35.2. The average Bonchev–Trinajstić information content (AvgIpc) is 3.12. The van der Waals surface area contributed by atoms with Gasteiger partial charge in [0.1, 0.15) is 19.8 Å². The molecule has 0 spiro atoms. The van der Waals surface area contributed by atoms with Crippen molar-refractivity contribution >= 4 is 19.8 Å². The van der Waals surface area contributed by atoms with Crippen molar-refractivity contribution in [3.05, 3.63) is 48.6 Å². The molecule has 2 atom stereocenters. The van der Waals surface area contributed by atoms with Crippen molar-refractivity contribution in [1.29, 1.82) is 0 Å². The van der Waals surface area contributed by atoms with Gasteiger partial charge in [-0.25, -0.2) is 0 Å². The maximum Gasteiger partial charge on any atom is 0.306 e. The van der Waals surface area contributed by atoms with Crippen LogP contribution in [0.2, 0.25) is 0 Å². The van der Waals surface area contributed by atoms with Gasteiger partial charge < -0.3 is 27.9 Å². The van der Waals surface area contributed by atoms with Crippen molar-refractivity contribution in [2.24, 2.45) is 0 Å². The molecule has 0 amide bonds. The van der Waals surface area contributed by atoms with Crippen LogP contribution in [0.15, 0.2) is 48.6 Å². The van der Waals surface area contributed by atoms with Crippen LogP contribution in [-0.2, 0) is 32.7 Å². The Morgan fingerprint density at radius 1 is 0.574 bits per heavy atom. The predicted molar refractivity (Wildman–Crippen MR) is 222 cm³/mol. The second-order valence-electron chi connectivity index (χ2n) is 15.3. The van der Waals surface area contributed by atoms with Gasteiger partial charge in [0, 0.05) is 12.8 Å². The third-order valence-electron chi connectivity index (χ3n) is 8.82. The van der Waals surface area contributed by atoms with E-state index in [0.29, 0.717) is 23.9 Å². The van der Waals surface area contributed by atoms with E-state index < -0.39 is 32.5 Å². The van der Waals surface area contributed by atoms with Crippen molar-refractivity contribution in [3.8, 4) is 0 Å². The number of nitrogens with zero attached hydrogens (tertiary/aromatic N) is 1. The van der Waals surface area contributed by atoms with E-state index in [1.807, 2.05) is 21.1 Å². The van der Waals surface area contributed by atoms with Gasteiger partial charge in [-0.3, -0.25) is 14.2 Å². The molecular formula is C44H80NO8P. The minimum atomic E-state index is -4.63. The molecule has 0 radical (unpaired) electrons. The monoisotopic (exact) mass is 782 g/mol. The highest BCUT2D eigenvalue weighted by Crippen LogP contribution is 2.38. The molecule has 0 saturated heterocycles. The summed E-state index contributed by atoms with van der Waals surface area (Å²) in [6.07, 6.45) is 41.3. The van der Waals surface area contributed by atoms with Crippen molar-refractivity contribution < 1.29 is 42.1 Å². The molecule has 0 aliphatic carbocycles. The number of esters is 2. The highest BCUT2D eigenvalue weighted by atomic mass is 31.2. The summed E-state index contributed by atoms with van der Waals surface area (Å²) >= 11 is 0. The van der Waals surface area contributed by atoms with Crippen molar-refractivity contribution in [3.63, 3.8) is 0 Å². The van der Waals surface area contributed by atoms with E-state index in [0.717, 1.165) is 77.0 Å². The van der Waals surface area contributed by atoms with Gasteiger partial charge in [-0.05, 0) is 77.0 Å². The van der Waals surface area contributed by atoms with E-state index in [9.17, 15) is 19.0 Å². The van der Waals surface area contributed by atoms with Crippen LogP contribution in [0.5, 0.6) is 0 Å². The number of hydrogen-bond donors (Lipinski definition) is 0. The van der Waals surface area contributed by atoms with Gasteiger partial charge in [-0.2, -0.15) is 0 Å². The van der Waals surface area contributed by atoms with E-state index in [-0.39, 0.29) is 26.1 Å². The summed E-state index contributed by atoms with van der Waals surface area (Å²) in [6.45, 7) is 4.13. The maximum absolute atomic E-state index is 12.6. The van der Waals surface area contributed by atoms with E-state index in [2.05, 4.69) is 62.5 Å². The molecule has 9 nitrogen and oxygen atoms in total. The van der Waals surface area contributed by atoms with Crippen LogP contribution < -0.4 is 4.89 Å². The molecule has 0 rings (SSSR count). The summed E-state index contributed by atoms with van der Waals surface area (Å²) in [6, 6.07) is 0. The van der Waals surface area contributed by atoms with Gasteiger partial charge >= 0.3 is 11.9 Å². The maximum atomic E-state index is 12.6. The van der Waals surface area contributed by atoms with Crippen LogP contribution >= 0.6 is 7.82 Å². The van der Waals surface area contributed by atoms with E-state index >= 15 is 0 Å². The molecule has 1 unspecified atom stereocenters. The molecule has 0 heterocycles. The largest absolute Gasteiger partial charge is 0.756 e. The molecule has 0 aliphatic heterocycles. The zero-order valence-corrected chi connectivity index (χ0v) is 36.0. The topological polar surface area (TPSA) is 111 Å². The Morgan fingerprint density at radius 3 is 1.46 bits per heavy atom. The Kier molecular flexibility index (Phi) is 35.2. The SMILES string of the molecule is CCCCC/C=C\C/C=C\CCCCCCCC(=O)OC[C@@H](COP(=O)([O-])OCC[N+](C)(C)C)OC(=O)CCCCCCC/C=C\C/C=C\CCCCC. The molecule has 0 aromatic rings. The highest BCUT2D eigenvalue weighted by molar-refractivity contribution is 7.45. The van der Waals surface area contributed by atoms with Gasteiger partial charge in [-0.1, -0.05) is 127 Å². The van der Waals surface area contributed by atoms with Crippen molar-refractivity contribution in [2.75, 3.05) is 47.5 Å². The molecule has 0 bridgehead atoms. The molecule has 314 valence electrons. The fourth-order valence-electron chi connectivity index (χ4n) is 5.42. The minimum absolute atomic E-state index is 0.0376. The number of likely N-dealkylation sites (N-methyl/N-ethyl adjacent to an activating group) is 1. The van der Waals surface area contributed by atoms with E-state index in [1.165, 1.54) is 51.4 Å². The molecule has 0 fully saturated rings. The fraction of sp³-hybridized carbons (Fsp3) is 0.773. The van der Waals surface area contributed by atoms with Crippen LogP contribution in [0.1, 0.15) is 168 Å². The number of phosphoric acid groups is 1. The Balaban J connectivity index is 4.44. The third kappa shape index (κ3) is 39.7. The second kappa shape index (κ2) is 36.6. The van der Waals surface area contributed by atoms with Gasteiger partial charge in [0.25, 0.3) is 7.82 Å². The number of phosphoric ester groups is 1. The summed E-state index contributed by atoms with van der Waals surface area (Å²) in [5.41, 5.74) is 0. The molecule has 0 aromatic carbocycles. The lowest BCUT2D eigenvalue weighted by molar-refractivity contribution is -0.870. The summed E-state index contributed by atoms with van der Waals surface area (Å²) in [5.74, 6) is -0.870. The van der Waals surface area contributed by atoms with Crippen LogP contribution in [0.25, 0.3) is 0 Å². The predicted octanol–water partition coefficient (Wildman–Crippen LogP) is 11.3. The summed E-state index contributed by atoms with van der Waals surface area (Å²) in [5, 5.41) is 0. The van der Waals surface area contributed by atoms with Crippen molar-refractivity contribution in [1.82, 2.24) is 0 Å². The molecule has 0 saturated carbocycles. The number of unbranched alkanes of at least 4 members (excludes halogenated alkanes) is 16. The first kappa shape index (κ1) is 52.0. The zero-order chi connectivity index (χ0) is 40.0. The van der Waals surface area contributed by atoms with E-state index in [1.54, 1.807) is 0 Å². The molecule has 54 heavy (non-hydrogen) atoms. The summed E-state index contributed by atoms with van der Waals surface area (Å²) in [7, 11) is 1.14. The first-order valence-electron chi connectivity index (χ1n) is 21.3. The molecule has 10 heteroatoms. The number of rotatable bonds is 38. The quantitative estimate of drug-likeness (QED) is 0.0200. The lowest BCUT2D eigenvalue weighted by Crippen LogP contribution is -2.37. The Bertz CT molecular complexity index is 1070. The lowest BCUT2D eigenvalue weighted by atomic mass is 10.1. The third-order valence-corrected chi connectivity index (χ3v) is 9.79. The summed E-state index contributed by atoms with van der Waals surface area (Å²) < 4.78 is 33.8. The molecular weight excluding hydrogens is 701 g/mol. The molecule has 0 N–H and O–H groups in total. The standard InChI is InChI=1S/C44H80NO8P/c1-6-8-10-12-14-16-18-20-22-24-26-28-30-32-34-36-43(46)50-40-42(41-52-54(48,49)51-39-38-45(3,4)5)53-44(47)37-35-33-31-29-27-25-23-21-19-17-15-13-11-9-7-2/h14-17,20-23,42H,6-13,18-19,24-41H2,1-5H3/b16-14-,17-15-,22-20-,23-21-/t42-/m0/s1. The van der Waals surface area contributed by atoms with E-state index in [4.69, 9.17) is 18.5 Å². The number of carbonyl (C=O) groups excluding carboxylic acids is 2. The Labute approximate surface area is 331 Å². The molecule has 0 aliphatic rings. The first-order chi connectivity index (χ1) is 26.0. The second-order valence-corrected chi connectivity index (χ2v) is 16.8. The smallest absolute Gasteiger partial charge is 0.306 e. The van der Waals surface area contributed by atoms with Gasteiger partial charge in [0.05, 0.1) is 27.7 Å². The fourth-order valence-corrected chi connectivity index (χ4v) is 6.15. The number of hydrogen-bond acceptors (Lipinski definition) is 8. The Hall–Kier alpha value is -2.03. The minimum Gasteiger partial charge on any atom is -0.756 e. The number of quaternary nitrogens is 1. The van der Waals surface area contributed by atoms with Crippen LogP contribution in [0.4, 0.5) is 0 Å². The normalized spacial score (nSPS) is 14.1.